The van der Waals surface area contributed by atoms with E-state index in [2.05, 4.69) is 0 Å². The molecule has 1 aliphatic heterocycles. The van der Waals surface area contributed by atoms with E-state index in [-0.39, 0.29) is 12.6 Å². The number of carboxylic acids is 1. The van der Waals surface area contributed by atoms with Gasteiger partial charge in [0.1, 0.15) is 6.54 Å². The van der Waals surface area contributed by atoms with Crippen molar-refractivity contribution in [3.63, 3.8) is 0 Å². The molecule has 0 aromatic rings. The molecule has 1 rings (SSSR count). The van der Waals surface area contributed by atoms with Gasteiger partial charge in [-0.05, 0) is 26.7 Å². The van der Waals surface area contributed by atoms with Crippen molar-refractivity contribution in [1.29, 1.82) is 0 Å². The molecule has 7 heteroatoms. The van der Waals surface area contributed by atoms with E-state index >= 15 is 0 Å². The van der Waals surface area contributed by atoms with Crippen LogP contribution < -0.4 is 0 Å². The van der Waals surface area contributed by atoms with Gasteiger partial charge in [0.15, 0.2) is 0 Å². The van der Waals surface area contributed by atoms with Crippen molar-refractivity contribution in [3.8, 4) is 0 Å². The van der Waals surface area contributed by atoms with Crippen molar-refractivity contribution in [1.82, 2.24) is 4.31 Å². The summed E-state index contributed by atoms with van der Waals surface area (Å²) < 4.78 is 30.7. The number of ether oxygens (including phenoxy) is 1. The molecule has 0 saturated carbocycles. The number of hydrogen-bond acceptors (Lipinski definition) is 4. The molecule has 1 fully saturated rings. The third kappa shape index (κ3) is 3.65. The first kappa shape index (κ1) is 14.4. The summed E-state index contributed by atoms with van der Waals surface area (Å²) in [6, 6.07) is -0.363. The predicted molar refractivity (Wildman–Crippen MR) is 62.2 cm³/mol. The van der Waals surface area contributed by atoms with Crippen LogP contribution in [0.15, 0.2) is 0 Å². The van der Waals surface area contributed by atoms with E-state index in [0.717, 1.165) is 4.31 Å². The summed E-state index contributed by atoms with van der Waals surface area (Å²) in [5, 5.41) is 8.14. The van der Waals surface area contributed by atoms with Gasteiger partial charge >= 0.3 is 5.97 Å². The minimum absolute atomic E-state index is 0.158. The Kier molecular flexibility index (Phi) is 4.91. The van der Waals surface area contributed by atoms with Gasteiger partial charge in [-0.25, -0.2) is 8.42 Å². The van der Waals surface area contributed by atoms with Gasteiger partial charge in [0.2, 0.25) is 10.0 Å². The van der Waals surface area contributed by atoms with Crippen molar-refractivity contribution in [2.24, 2.45) is 0 Å². The van der Waals surface area contributed by atoms with Crippen LogP contribution in [0.4, 0.5) is 0 Å². The van der Waals surface area contributed by atoms with Crippen LogP contribution in [0.3, 0.4) is 0 Å². The number of rotatable bonds is 5. The number of sulfonamides is 1. The summed E-state index contributed by atoms with van der Waals surface area (Å²) in [5.74, 6) is -1.14. The number of aliphatic carboxylic acids is 1. The van der Waals surface area contributed by atoms with E-state index in [1.54, 1.807) is 13.8 Å². The summed E-state index contributed by atoms with van der Waals surface area (Å²) in [4.78, 5) is 10.7. The molecule has 0 aromatic carbocycles. The van der Waals surface area contributed by atoms with Crippen LogP contribution in [0.25, 0.3) is 0 Å². The van der Waals surface area contributed by atoms with Crippen LogP contribution in [0.1, 0.15) is 26.7 Å². The molecule has 17 heavy (non-hydrogen) atoms. The minimum Gasteiger partial charge on any atom is -0.480 e. The Morgan fingerprint density at radius 1 is 1.53 bits per heavy atom. The summed E-state index contributed by atoms with van der Waals surface area (Å²) in [5.41, 5.74) is 0. The van der Waals surface area contributed by atoms with Gasteiger partial charge in [0.25, 0.3) is 0 Å². The fraction of sp³-hybridized carbons (Fsp3) is 0.900. The van der Waals surface area contributed by atoms with Crippen molar-refractivity contribution in [2.45, 2.75) is 38.0 Å². The quantitative estimate of drug-likeness (QED) is 0.772. The monoisotopic (exact) mass is 265 g/mol. The van der Waals surface area contributed by atoms with Crippen LogP contribution in [0, 0.1) is 0 Å². The van der Waals surface area contributed by atoms with Gasteiger partial charge in [0, 0.05) is 12.6 Å². The lowest BCUT2D eigenvalue weighted by Gasteiger charge is -2.30. The SMILES string of the molecule is CC(C)N(CC(=O)O)S(=O)(=O)C1CCCOC1. The van der Waals surface area contributed by atoms with Gasteiger partial charge < -0.3 is 9.84 Å². The molecular formula is C10H19NO5S. The molecule has 0 aromatic heterocycles. The molecule has 1 aliphatic rings. The first-order valence-electron chi connectivity index (χ1n) is 5.66. The first-order valence-corrected chi connectivity index (χ1v) is 7.16. The van der Waals surface area contributed by atoms with E-state index in [0.29, 0.717) is 19.4 Å². The van der Waals surface area contributed by atoms with Crippen LogP contribution >= 0.6 is 0 Å². The summed E-state index contributed by atoms with van der Waals surface area (Å²) in [6.07, 6.45) is 1.23. The highest BCUT2D eigenvalue weighted by molar-refractivity contribution is 7.89. The van der Waals surface area contributed by atoms with Gasteiger partial charge in [0.05, 0.1) is 11.9 Å². The summed E-state index contributed by atoms with van der Waals surface area (Å²) in [6.45, 7) is 3.59. The molecule has 1 unspecified atom stereocenters. The van der Waals surface area contributed by atoms with Crippen molar-refractivity contribution >= 4 is 16.0 Å². The van der Waals surface area contributed by atoms with Crippen molar-refractivity contribution in [3.05, 3.63) is 0 Å². The van der Waals surface area contributed by atoms with E-state index in [9.17, 15) is 13.2 Å². The molecule has 0 amide bonds. The highest BCUT2D eigenvalue weighted by Gasteiger charge is 2.36. The maximum absolute atomic E-state index is 12.2. The number of carboxylic acid groups (broad SMARTS) is 1. The van der Waals surface area contributed by atoms with Gasteiger partial charge in [-0.2, -0.15) is 4.31 Å². The lowest BCUT2D eigenvalue weighted by Crippen LogP contribution is -2.47. The smallest absolute Gasteiger partial charge is 0.318 e. The Morgan fingerprint density at radius 2 is 2.18 bits per heavy atom. The van der Waals surface area contributed by atoms with Gasteiger partial charge in [-0.1, -0.05) is 0 Å². The lowest BCUT2D eigenvalue weighted by atomic mass is 10.2. The molecule has 0 aliphatic carbocycles. The second-order valence-corrected chi connectivity index (χ2v) is 6.58. The number of hydrogen-bond donors (Lipinski definition) is 1. The molecule has 6 nitrogen and oxygen atoms in total. The predicted octanol–water partition coefficient (Wildman–Crippen LogP) is 0.290. The van der Waals surface area contributed by atoms with Gasteiger partial charge in [-0.3, -0.25) is 4.79 Å². The Hall–Kier alpha value is -0.660. The molecular weight excluding hydrogens is 246 g/mol. The zero-order valence-electron chi connectivity index (χ0n) is 10.1. The fourth-order valence-corrected chi connectivity index (χ4v) is 3.83. The maximum Gasteiger partial charge on any atom is 0.318 e. The molecule has 100 valence electrons. The molecule has 1 saturated heterocycles. The zero-order chi connectivity index (χ0) is 13.1. The average Bonchev–Trinajstić information content (AvgIpc) is 2.26. The van der Waals surface area contributed by atoms with E-state index in [1.165, 1.54) is 0 Å². The van der Waals surface area contributed by atoms with Crippen molar-refractivity contribution < 1.29 is 23.1 Å². The van der Waals surface area contributed by atoms with Crippen molar-refractivity contribution in [2.75, 3.05) is 19.8 Å². The second-order valence-electron chi connectivity index (χ2n) is 4.42. The second kappa shape index (κ2) is 5.79. The van der Waals surface area contributed by atoms with E-state index in [4.69, 9.17) is 9.84 Å². The largest absolute Gasteiger partial charge is 0.480 e. The first-order chi connectivity index (χ1) is 7.85. The number of nitrogens with zero attached hydrogens (tertiary/aromatic N) is 1. The Labute approximate surface area is 102 Å². The molecule has 0 spiro atoms. The van der Waals surface area contributed by atoms with E-state index in [1.807, 2.05) is 0 Å². The third-order valence-corrected chi connectivity index (χ3v) is 5.15. The van der Waals surface area contributed by atoms with Crippen LogP contribution in [-0.2, 0) is 19.6 Å². The summed E-state index contributed by atoms with van der Waals surface area (Å²) in [7, 11) is -3.59. The Bertz CT molecular complexity index is 359. The Morgan fingerprint density at radius 3 is 2.59 bits per heavy atom. The molecule has 0 radical (unpaired) electrons. The minimum atomic E-state index is -3.59. The van der Waals surface area contributed by atoms with Crippen LogP contribution in [-0.4, -0.2) is 54.8 Å². The van der Waals surface area contributed by atoms with Crippen LogP contribution in [0.5, 0.6) is 0 Å². The molecule has 1 atom stereocenters. The average molecular weight is 265 g/mol. The zero-order valence-corrected chi connectivity index (χ0v) is 10.9. The fourth-order valence-electron chi connectivity index (χ4n) is 1.84. The maximum atomic E-state index is 12.2. The molecule has 1 heterocycles. The normalized spacial score (nSPS) is 22.0. The lowest BCUT2D eigenvalue weighted by molar-refractivity contribution is -0.137. The number of carbonyl (C=O) groups is 1. The van der Waals surface area contributed by atoms with E-state index < -0.39 is 27.8 Å². The standard InChI is InChI=1S/C10H19NO5S/c1-8(2)11(6-10(12)13)17(14,15)9-4-3-5-16-7-9/h8-9H,3-7H2,1-2H3,(H,12,13). The highest BCUT2D eigenvalue weighted by Crippen LogP contribution is 2.20. The third-order valence-electron chi connectivity index (χ3n) is 2.73. The topological polar surface area (TPSA) is 83.9 Å². The summed E-state index contributed by atoms with van der Waals surface area (Å²) >= 11 is 0. The highest BCUT2D eigenvalue weighted by atomic mass is 32.2. The Balaban J connectivity index is 2.86. The molecule has 0 bridgehead atoms. The van der Waals surface area contributed by atoms with Crippen LogP contribution in [0.2, 0.25) is 0 Å². The molecule has 1 N–H and O–H groups in total. The van der Waals surface area contributed by atoms with Gasteiger partial charge in [-0.15, -0.1) is 0 Å².